The van der Waals surface area contributed by atoms with Gasteiger partial charge in [0, 0.05) is 11.3 Å². The Hall–Kier alpha value is -1.60. The number of hydrogen-bond acceptors (Lipinski definition) is 1. The molecule has 120 valence electrons. The summed E-state index contributed by atoms with van der Waals surface area (Å²) in [4.78, 5) is 0. The first-order valence-corrected chi connectivity index (χ1v) is 8.99. The van der Waals surface area contributed by atoms with Crippen LogP contribution in [0, 0.1) is 17.3 Å². The van der Waals surface area contributed by atoms with Gasteiger partial charge in [-0.25, -0.2) is 0 Å². The number of fused-ring (bicyclic) bond motifs is 1. The van der Waals surface area contributed by atoms with Crippen molar-refractivity contribution in [1.82, 2.24) is 0 Å². The van der Waals surface area contributed by atoms with Gasteiger partial charge in [-0.15, -0.1) is 0 Å². The SMILES string of the molecule is CC[C@@H]1O[C@@H](c2ccccc2)[C@H]2C(CCc3ccccc3)[C@@]12C. The Balaban J connectivity index is 1.51. The van der Waals surface area contributed by atoms with Gasteiger partial charge in [-0.3, -0.25) is 0 Å². The lowest BCUT2D eigenvalue weighted by molar-refractivity contribution is -0.0147. The summed E-state index contributed by atoms with van der Waals surface area (Å²) >= 11 is 0. The van der Waals surface area contributed by atoms with E-state index < -0.39 is 0 Å². The molecular formula is C22H26O. The van der Waals surface area contributed by atoms with Crippen molar-refractivity contribution in [3.05, 3.63) is 71.8 Å². The van der Waals surface area contributed by atoms with Crippen LogP contribution in [-0.2, 0) is 11.2 Å². The third-order valence-corrected chi connectivity index (χ3v) is 6.26. The molecule has 1 saturated carbocycles. The van der Waals surface area contributed by atoms with E-state index in [-0.39, 0.29) is 0 Å². The van der Waals surface area contributed by atoms with E-state index in [9.17, 15) is 0 Å². The Morgan fingerprint density at radius 2 is 1.61 bits per heavy atom. The van der Waals surface area contributed by atoms with Gasteiger partial charge < -0.3 is 4.74 Å². The van der Waals surface area contributed by atoms with E-state index in [0.717, 1.165) is 12.3 Å². The highest BCUT2D eigenvalue weighted by Crippen LogP contribution is 2.73. The maximum Gasteiger partial charge on any atom is 0.0866 e. The minimum Gasteiger partial charge on any atom is -0.369 e. The minimum atomic E-state index is 0.298. The van der Waals surface area contributed by atoms with Crippen LogP contribution in [-0.4, -0.2) is 6.10 Å². The zero-order valence-electron chi connectivity index (χ0n) is 14.1. The quantitative estimate of drug-likeness (QED) is 0.716. The smallest absolute Gasteiger partial charge is 0.0866 e. The third kappa shape index (κ3) is 2.42. The third-order valence-electron chi connectivity index (χ3n) is 6.26. The molecule has 4 rings (SSSR count). The van der Waals surface area contributed by atoms with Crippen LogP contribution >= 0.6 is 0 Å². The average molecular weight is 306 g/mol. The second-order valence-corrected chi connectivity index (χ2v) is 7.39. The lowest BCUT2D eigenvalue weighted by atomic mass is 9.94. The van der Waals surface area contributed by atoms with Crippen molar-refractivity contribution < 1.29 is 4.74 Å². The van der Waals surface area contributed by atoms with Crippen molar-refractivity contribution in [3.8, 4) is 0 Å². The molecule has 2 aromatic rings. The van der Waals surface area contributed by atoms with Gasteiger partial charge in [-0.1, -0.05) is 74.5 Å². The maximum atomic E-state index is 6.44. The van der Waals surface area contributed by atoms with E-state index in [2.05, 4.69) is 74.5 Å². The first-order valence-electron chi connectivity index (χ1n) is 8.99. The Kier molecular flexibility index (Phi) is 3.77. The molecule has 0 amide bonds. The van der Waals surface area contributed by atoms with Crippen molar-refractivity contribution in [2.75, 3.05) is 0 Å². The molecule has 0 spiro atoms. The first-order chi connectivity index (χ1) is 11.2. The fourth-order valence-corrected chi connectivity index (χ4v) is 4.98. The average Bonchev–Trinajstić information content (AvgIpc) is 3.08. The molecular weight excluding hydrogens is 280 g/mol. The van der Waals surface area contributed by atoms with Crippen LogP contribution in [0.25, 0.3) is 0 Å². The predicted molar refractivity (Wildman–Crippen MR) is 94.2 cm³/mol. The highest BCUT2D eigenvalue weighted by molar-refractivity contribution is 5.28. The molecule has 1 aliphatic carbocycles. The second-order valence-electron chi connectivity index (χ2n) is 7.39. The van der Waals surface area contributed by atoms with Crippen LogP contribution in [0.2, 0.25) is 0 Å². The van der Waals surface area contributed by atoms with Gasteiger partial charge in [-0.05, 0) is 36.3 Å². The summed E-state index contributed by atoms with van der Waals surface area (Å²) < 4.78 is 6.44. The Bertz CT molecular complexity index is 650. The summed E-state index contributed by atoms with van der Waals surface area (Å²) in [6.07, 6.45) is 4.31. The van der Waals surface area contributed by atoms with Gasteiger partial charge in [0.05, 0.1) is 12.2 Å². The molecule has 0 bridgehead atoms. The van der Waals surface area contributed by atoms with Gasteiger partial charge in [0.15, 0.2) is 0 Å². The Morgan fingerprint density at radius 3 is 2.26 bits per heavy atom. The second kappa shape index (κ2) is 5.79. The fourth-order valence-electron chi connectivity index (χ4n) is 4.98. The van der Waals surface area contributed by atoms with Gasteiger partial charge in [0.1, 0.15) is 0 Å². The molecule has 0 N–H and O–H groups in total. The molecule has 2 aromatic carbocycles. The van der Waals surface area contributed by atoms with Crippen LogP contribution in [0.15, 0.2) is 60.7 Å². The van der Waals surface area contributed by atoms with E-state index in [1.54, 1.807) is 0 Å². The lowest BCUT2D eigenvalue weighted by Gasteiger charge is -2.23. The van der Waals surface area contributed by atoms with Crippen molar-refractivity contribution in [2.45, 2.75) is 45.3 Å². The topological polar surface area (TPSA) is 9.23 Å². The normalized spacial score (nSPS) is 35.0. The number of aryl methyl sites for hydroxylation is 1. The molecule has 0 aromatic heterocycles. The van der Waals surface area contributed by atoms with E-state index in [0.29, 0.717) is 23.5 Å². The molecule has 1 nitrogen and oxygen atoms in total. The number of hydrogen-bond donors (Lipinski definition) is 0. The van der Waals surface area contributed by atoms with Gasteiger partial charge in [-0.2, -0.15) is 0 Å². The largest absolute Gasteiger partial charge is 0.369 e. The highest BCUT2D eigenvalue weighted by Gasteiger charge is 2.72. The van der Waals surface area contributed by atoms with Gasteiger partial charge in [0.25, 0.3) is 0 Å². The summed E-state index contributed by atoms with van der Waals surface area (Å²) in [5, 5.41) is 0. The summed E-state index contributed by atoms with van der Waals surface area (Å²) in [5.74, 6) is 1.49. The molecule has 1 saturated heterocycles. The Morgan fingerprint density at radius 1 is 0.957 bits per heavy atom. The van der Waals surface area contributed by atoms with Crippen LogP contribution in [0.4, 0.5) is 0 Å². The van der Waals surface area contributed by atoms with Crippen molar-refractivity contribution in [2.24, 2.45) is 17.3 Å². The van der Waals surface area contributed by atoms with E-state index in [1.165, 1.54) is 24.0 Å². The molecule has 1 heteroatoms. The number of benzene rings is 2. The van der Waals surface area contributed by atoms with Crippen molar-refractivity contribution >= 4 is 0 Å². The number of ether oxygens (including phenoxy) is 1. The highest BCUT2D eigenvalue weighted by atomic mass is 16.5. The van der Waals surface area contributed by atoms with Crippen molar-refractivity contribution in [3.63, 3.8) is 0 Å². The molecule has 1 heterocycles. The standard InChI is InChI=1S/C22H26O/c1-3-19-22(2)18(15-14-16-10-6-4-7-11-16)20(22)21(23-19)17-12-8-5-9-13-17/h4-13,18-21H,3,14-15H2,1-2H3/t18?,19-,20+,21-,22-/m0/s1. The molecule has 2 fully saturated rings. The molecule has 5 atom stereocenters. The fraction of sp³-hybridized carbons (Fsp3) is 0.455. The summed E-state index contributed by atoms with van der Waals surface area (Å²) in [7, 11) is 0. The maximum absolute atomic E-state index is 6.44. The monoisotopic (exact) mass is 306 g/mol. The van der Waals surface area contributed by atoms with Crippen LogP contribution in [0.1, 0.15) is 43.9 Å². The first kappa shape index (κ1) is 15.0. The van der Waals surface area contributed by atoms with E-state index in [4.69, 9.17) is 4.74 Å². The van der Waals surface area contributed by atoms with E-state index >= 15 is 0 Å². The summed E-state index contributed by atoms with van der Waals surface area (Å²) in [5.41, 5.74) is 3.21. The van der Waals surface area contributed by atoms with Crippen LogP contribution in [0.5, 0.6) is 0 Å². The molecule has 0 radical (unpaired) electrons. The lowest BCUT2D eigenvalue weighted by Crippen LogP contribution is -2.21. The summed E-state index contributed by atoms with van der Waals surface area (Å²) in [6.45, 7) is 4.73. The molecule has 1 aliphatic heterocycles. The predicted octanol–water partition coefficient (Wildman–Crippen LogP) is 5.42. The molecule has 1 unspecified atom stereocenters. The Labute approximate surface area is 139 Å². The zero-order valence-corrected chi connectivity index (χ0v) is 14.1. The van der Waals surface area contributed by atoms with Crippen LogP contribution in [0.3, 0.4) is 0 Å². The van der Waals surface area contributed by atoms with Gasteiger partial charge >= 0.3 is 0 Å². The van der Waals surface area contributed by atoms with E-state index in [1.807, 2.05) is 0 Å². The number of rotatable bonds is 5. The van der Waals surface area contributed by atoms with Crippen LogP contribution < -0.4 is 0 Å². The van der Waals surface area contributed by atoms with Gasteiger partial charge in [0.2, 0.25) is 0 Å². The molecule has 23 heavy (non-hydrogen) atoms. The zero-order chi connectivity index (χ0) is 15.9. The minimum absolute atomic E-state index is 0.298. The summed E-state index contributed by atoms with van der Waals surface area (Å²) in [6, 6.07) is 21.7. The van der Waals surface area contributed by atoms with Crippen molar-refractivity contribution in [1.29, 1.82) is 0 Å². The molecule has 2 aliphatic rings.